The SMILES string of the molecule is CC1CC=NN1C(=O)NS(=O)(=O)c1ccccc1Br. The minimum Gasteiger partial charge on any atom is -0.246 e. The first-order valence-electron chi connectivity index (χ1n) is 5.55. The highest BCUT2D eigenvalue weighted by Crippen LogP contribution is 2.21. The molecule has 1 aliphatic rings. The van der Waals surface area contributed by atoms with Crippen LogP contribution in [0, 0.1) is 0 Å². The normalized spacial score (nSPS) is 18.6. The highest BCUT2D eigenvalue weighted by Gasteiger charge is 2.28. The zero-order valence-corrected chi connectivity index (χ0v) is 12.5. The standard InChI is InChI=1S/C11H12BrN3O3S/c1-8-6-7-13-15(8)11(16)14-19(17,18)10-5-3-2-4-9(10)12/h2-5,7-8H,6H2,1H3,(H,14,16). The third-order valence-corrected chi connectivity index (χ3v) is 4.96. The van der Waals surface area contributed by atoms with E-state index in [-0.39, 0.29) is 10.9 Å². The summed E-state index contributed by atoms with van der Waals surface area (Å²) in [6.07, 6.45) is 2.19. The van der Waals surface area contributed by atoms with Gasteiger partial charge in [-0.3, -0.25) is 0 Å². The Labute approximate surface area is 119 Å². The van der Waals surface area contributed by atoms with Gasteiger partial charge in [-0.1, -0.05) is 12.1 Å². The summed E-state index contributed by atoms with van der Waals surface area (Å²) in [6.45, 7) is 1.79. The molecule has 2 amide bonds. The van der Waals surface area contributed by atoms with Crippen molar-refractivity contribution in [3.63, 3.8) is 0 Å². The van der Waals surface area contributed by atoms with Crippen LogP contribution in [0.2, 0.25) is 0 Å². The average Bonchev–Trinajstić information content (AvgIpc) is 2.75. The van der Waals surface area contributed by atoms with E-state index >= 15 is 0 Å². The van der Waals surface area contributed by atoms with Crippen LogP contribution in [0.15, 0.2) is 38.7 Å². The number of hydrazone groups is 1. The molecule has 102 valence electrons. The molecule has 0 saturated heterocycles. The number of amides is 2. The Morgan fingerprint density at radius 2 is 2.16 bits per heavy atom. The first-order chi connectivity index (χ1) is 8.92. The number of sulfonamides is 1. The number of nitrogens with one attached hydrogen (secondary N) is 1. The molecule has 1 aliphatic heterocycles. The summed E-state index contributed by atoms with van der Waals surface area (Å²) in [6, 6.07) is 5.39. The van der Waals surface area contributed by atoms with E-state index in [0.29, 0.717) is 10.9 Å². The van der Waals surface area contributed by atoms with Gasteiger partial charge in [-0.25, -0.2) is 22.9 Å². The third kappa shape index (κ3) is 2.95. The van der Waals surface area contributed by atoms with Gasteiger partial charge in [0.15, 0.2) is 0 Å². The lowest BCUT2D eigenvalue weighted by Crippen LogP contribution is -2.42. The van der Waals surface area contributed by atoms with Crippen molar-refractivity contribution < 1.29 is 13.2 Å². The predicted molar refractivity (Wildman–Crippen MR) is 74.3 cm³/mol. The van der Waals surface area contributed by atoms with Gasteiger partial charge >= 0.3 is 6.03 Å². The number of nitrogens with zero attached hydrogens (tertiary/aromatic N) is 2. The molecule has 1 aromatic rings. The largest absolute Gasteiger partial charge is 0.351 e. The Kier molecular flexibility index (Phi) is 3.91. The molecular formula is C11H12BrN3O3S. The molecule has 0 radical (unpaired) electrons. The van der Waals surface area contributed by atoms with E-state index in [2.05, 4.69) is 21.0 Å². The Hall–Kier alpha value is -1.41. The molecule has 1 N–H and O–H groups in total. The summed E-state index contributed by atoms with van der Waals surface area (Å²) < 4.78 is 26.6. The minimum absolute atomic E-state index is 0.0131. The Bertz CT molecular complexity index is 630. The highest BCUT2D eigenvalue weighted by atomic mass is 79.9. The van der Waals surface area contributed by atoms with Crippen LogP contribution < -0.4 is 4.72 Å². The maximum Gasteiger partial charge on any atom is 0.351 e. The monoisotopic (exact) mass is 345 g/mol. The summed E-state index contributed by atoms with van der Waals surface area (Å²) in [4.78, 5) is 11.9. The predicted octanol–water partition coefficient (Wildman–Crippen LogP) is 1.93. The zero-order chi connectivity index (χ0) is 14.0. The number of benzene rings is 1. The maximum absolute atomic E-state index is 12.1. The number of carbonyl (C=O) groups excluding carboxylic acids is 1. The Morgan fingerprint density at radius 3 is 2.74 bits per heavy atom. The van der Waals surface area contributed by atoms with Gasteiger partial charge in [-0.15, -0.1) is 0 Å². The van der Waals surface area contributed by atoms with Crippen LogP contribution in [-0.2, 0) is 10.0 Å². The van der Waals surface area contributed by atoms with E-state index in [1.165, 1.54) is 6.07 Å². The van der Waals surface area contributed by atoms with Crippen LogP contribution in [-0.4, -0.2) is 31.7 Å². The van der Waals surface area contributed by atoms with Crippen molar-refractivity contribution in [1.82, 2.24) is 9.73 Å². The lowest BCUT2D eigenvalue weighted by molar-refractivity contribution is 0.196. The van der Waals surface area contributed by atoms with E-state index in [1.807, 2.05) is 4.72 Å². The van der Waals surface area contributed by atoms with Gasteiger partial charge < -0.3 is 0 Å². The number of hydrogen-bond acceptors (Lipinski definition) is 4. The van der Waals surface area contributed by atoms with Crippen molar-refractivity contribution in [2.24, 2.45) is 5.10 Å². The number of rotatable bonds is 2. The van der Waals surface area contributed by atoms with E-state index < -0.39 is 16.1 Å². The molecule has 0 spiro atoms. The lowest BCUT2D eigenvalue weighted by Gasteiger charge is -2.18. The molecule has 1 aromatic carbocycles. The van der Waals surface area contributed by atoms with E-state index in [1.54, 1.807) is 31.3 Å². The fourth-order valence-electron chi connectivity index (χ4n) is 1.63. The molecule has 0 fully saturated rings. The first-order valence-corrected chi connectivity index (χ1v) is 7.82. The fraction of sp³-hybridized carbons (Fsp3) is 0.273. The molecule has 0 saturated carbocycles. The van der Waals surface area contributed by atoms with Crippen LogP contribution >= 0.6 is 15.9 Å². The molecule has 6 nitrogen and oxygen atoms in total. The van der Waals surface area contributed by atoms with Gasteiger partial charge in [0, 0.05) is 17.1 Å². The molecule has 1 atom stereocenters. The van der Waals surface area contributed by atoms with Gasteiger partial charge in [0.2, 0.25) is 0 Å². The molecule has 0 bridgehead atoms. The van der Waals surface area contributed by atoms with Crippen molar-refractivity contribution in [2.75, 3.05) is 0 Å². The van der Waals surface area contributed by atoms with Crippen LogP contribution in [0.3, 0.4) is 0 Å². The van der Waals surface area contributed by atoms with Gasteiger partial charge in [-0.2, -0.15) is 5.10 Å². The van der Waals surface area contributed by atoms with Gasteiger partial charge in [-0.05, 0) is 35.0 Å². The Morgan fingerprint density at radius 1 is 1.47 bits per heavy atom. The second-order valence-corrected chi connectivity index (χ2v) is 6.57. The molecule has 2 rings (SSSR count). The second kappa shape index (κ2) is 5.30. The topological polar surface area (TPSA) is 78.8 Å². The van der Waals surface area contributed by atoms with Crippen molar-refractivity contribution in [3.05, 3.63) is 28.7 Å². The van der Waals surface area contributed by atoms with E-state index in [4.69, 9.17) is 0 Å². The van der Waals surface area contributed by atoms with Crippen molar-refractivity contribution >= 4 is 38.2 Å². The summed E-state index contributed by atoms with van der Waals surface area (Å²) in [5, 5.41) is 4.96. The molecule has 1 heterocycles. The molecule has 0 aromatic heterocycles. The number of urea groups is 1. The van der Waals surface area contributed by atoms with E-state index in [0.717, 1.165) is 5.01 Å². The minimum atomic E-state index is -3.91. The number of halogens is 1. The van der Waals surface area contributed by atoms with Crippen molar-refractivity contribution in [2.45, 2.75) is 24.3 Å². The van der Waals surface area contributed by atoms with Crippen LogP contribution in [0.25, 0.3) is 0 Å². The van der Waals surface area contributed by atoms with Crippen molar-refractivity contribution in [3.8, 4) is 0 Å². The summed E-state index contributed by atoms with van der Waals surface area (Å²) in [5.74, 6) is 0. The molecule has 0 aliphatic carbocycles. The molecule has 8 heteroatoms. The van der Waals surface area contributed by atoms with Gasteiger partial charge in [0.1, 0.15) is 4.90 Å². The number of carbonyl (C=O) groups is 1. The average molecular weight is 346 g/mol. The number of hydrogen-bond donors (Lipinski definition) is 1. The third-order valence-electron chi connectivity index (χ3n) is 2.63. The summed E-state index contributed by atoms with van der Waals surface area (Å²) in [7, 11) is -3.91. The molecule has 1 unspecified atom stereocenters. The molecular weight excluding hydrogens is 334 g/mol. The maximum atomic E-state index is 12.1. The first kappa shape index (κ1) is 14.0. The smallest absolute Gasteiger partial charge is 0.246 e. The van der Waals surface area contributed by atoms with Crippen LogP contribution in [0.4, 0.5) is 4.79 Å². The second-order valence-electron chi connectivity index (χ2n) is 4.07. The fourth-order valence-corrected chi connectivity index (χ4v) is 3.57. The van der Waals surface area contributed by atoms with Gasteiger partial charge in [0.25, 0.3) is 10.0 Å². The summed E-state index contributed by atoms with van der Waals surface area (Å²) >= 11 is 3.14. The zero-order valence-electron chi connectivity index (χ0n) is 10.1. The van der Waals surface area contributed by atoms with Crippen LogP contribution in [0.5, 0.6) is 0 Å². The summed E-state index contributed by atoms with van der Waals surface area (Å²) in [5.41, 5.74) is 0. The van der Waals surface area contributed by atoms with Gasteiger partial charge in [0.05, 0.1) is 6.04 Å². The van der Waals surface area contributed by atoms with Crippen LogP contribution in [0.1, 0.15) is 13.3 Å². The molecule has 19 heavy (non-hydrogen) atoms. The quantitative estimate of drug-likeness (QED) is 0.889. The lowest BCUT2D eigenvalue weighted by atomic mass is 10.3. The van der Waals surface area contributed by atoms with Crippen molar-refractivity contribution in [1.29, 1.82) is 0 Å². The van der Waals surface area contributed by atoms with E-state index in [9.17, 15) is 13.2 Å². The highest BCUT2D eigenvalue weighted by molar-refractivity contribution is 9.10. The Balaban J connectivity index is 2.21.